The van der Waals surface area contributed by atoms with Crippen LogP contribution in [0.25, 0.3) is 0 Å². The topological polar surface area (TPSA) is 61.4 Å². The van der Waals surface area contributed by atoms with Gasteiger partial charge in [0.05, 0.1) is 6.04 Å². The molecule has 118 valence electrons. The number of nitrogens with one attached hydrogen (secondary N) is 1. The lowest BCUT2D eigenvalue weighted by molar-refractivity contribution is 0.115. The highest BCUT2D eigenvalue weighted by Crippen LogP contribution is 2.21. The second-order valence-corrected chi connectivity index (χ2v) is 6.04. The number of nitrogens with zero attached hydrogens (tertiary/aromatic N) is 4. The van der Waals surface area contributed by atoms with Gasteiger partial charge in [-0.3, -0.25) is 0 Å². The van der Waals surface area contributed by atoms with Gasteiger partial charge in [0.1, 0.15) is 0 Å². The number of likely N-dealkylation sites (tertiary alicyclic amines) is 1. The summed E-state index contributed by atoms with van der Waals surface area (Å²) in [6, 6.07) is 10.5. The second-order valence-electron chi connectivity index (χ2n) is 6.04. The maximum absolute atomic E-state index is 12.6. The molecule has 2 aromatic rings. The Kier molecular flexibility index (Phi) is 3.57. The number of benzene rings is 1. The second kappa shape index (κ2) is 5.87. The lowest BCUT2D eigenvalue weighted by Gasteiger charge is -2.43. The van der Waals surface area contributed by atoms with E-state index < -0.39 is 0 Å². The normalized spacial score (nSPS) is 17.4. The highest BCUT2D eigenvalue weighted by Gasteiger charge is 2.34. The molecule has 0 aliphatic carbocycles. The van der Waals surface area contributed by atoms with Crippen molar-refractivity contribution < 1.29 is 4.79 Å². The third kappa shape index (κ3) is 2.84. The Hall–Kier alpha value is -2.63. The third-order valence-corrected chi connectivity index (χ3v) is 4.45. The minimum Gasteiger partial charge on any atom is -0.348 e. The number of carbonyl (C=O) groups is 1. The van der Waals surface area contributed by atoms with Crippen molar-refractivity contribution in [1.29, 1.82) is 0 Å². The van der Waals surface area contributed by atoms with Gasteiger partial charge in [0.15, 0.2) is 0 Å². The van der Waals surface area contributed by atoms with Crippen LogP contribution in [0.3, 0.4) is 0 Å². The molecule has 0 unspecified atom stereocenters. The van der Waals surface area contributed by atoms with Crippen LogP contribution < -0.4 is 5.32 Å². The Morgan fingerprint density at radius 1 is 1.04 bits per heavy atom. The van der Waals surface area contributed by atoms with E-state index in [4.69, 9.17) is 0 Å². The molecule has 2 amide bonds. The van der Waals surface area contributed by atoms with Crippen molar-refractivity contribution in [2.45, 2.75) is 19.0 Å². The number of aromatic nitrogens is 2. The summed E-state index contributed by atoms with van der Waals surface area (Å²) in [5, 5.41) is 3.25. The van der Waals surface area contributed by atoms with Gasteiger partial charge in [0, 0.05) is 38.6 Å². The standard InChI is InChI=1S/C17H19N5O/c23-17(21-9-6-13-4-1-2-5-14(13)10-21)22-11-15(12-22)20-16-18-7-3-8-19-16/h1-5,7-8,15H,6,9-12H2,(H,18,19,20). The van der Waals surface area contributed by atoms with Crippen LogP contribution in [-0.2, 0) is 13.0 Å². The molecule has 0 spiro atoms. The molecule has 1 aromatic heterocycles. The molecule has 1 aromatic carbocycles. The lowest BCUT2D eigenvalue weighted by Crippen LogP contribution is -2.60. The zero-order valence-corrected chi connectivity index (χ0v) is 12.9. The first-order valence-corrected chi connectivity index (χ1v) is 7.94. The smallest absolute Gasteiger partial charge is 0.320 e. The molecular weight excluding hydrogens is 290 g/mol. The summed E-state index contributed by atoms with van der Waals surface area (Å²) in [6.07, 6.45) is 4.36. The molecule has 3 heterocycles. The maximum Gasteiger partial charge on any atom is 0.320 e. The molecule has 0 atom stereocenters. The van der Waals surface area contributed by atoms with Gasteiger partial charge < -0.3 is 15.1 Å². The Morgan fingerprint density at radius 3 is 2.57 bits per heavy atom. The Labute approximate surface area is 135 Å². The zero-order chi connectivity index (χ0) is 15.6. The van der Waals surface area contributed by atoms with Crippen LogP contribution in [0.5, 0.6) is 0 Å². The number of urea groups is 1. The van der Waals surface area contributed by atoms with Crippen LogP contribution >= 0.6 is 0 Å². The quantitative estimate of drug-likeness (QED) is 0.918. The van der Waals surface area contributed by atoms with E-state index in [1.807, 2.05) is 15.9 Å². The Balaban J connectivity index is 1.32. The van der Waals surface area contributed by atoms with E-state index >= 15 is 0 Å². The first kappa shape index (κ1) is 14.0. The van der Waals surface area contributed by atoms with E-state index in [-0.39, 0.29) is 12.1 Å². The molecule has 1 N–H and O–H groups in total. The van der Waals surface area contributed by atoms with Crippen LogP contribution in [0.4, 0.5) is 10.7 Å². The van der Waals surface area contributed by atoms with E-state index in [9.17, 15) is 4.79 Å². The van der Waals surface area contributed by atoms with Crippen molar-refractivity contribution in [3.63, 3.8) is 0 Å². The van der Waals surface area contributed by atoms with Gasteiger partial charge in [-0.15, -0.1) is 0 Å². The van der Waals surface area contributed by atoms with Gasteiger partial charge in [0.2, 0.25) is 5.95 Å². The van der Waals surface area contributed by atoms with Crippen molar-refractivity contribution in [3.05, 3.63) is 53.9 Å². The highest BCUT2D eigenvalue weighted by molar-refractivity contribution is 5.76. The molecule has 4 rings (SSSR count). The molecule has 6 heteroatoms. The first-order chi connectivity index (χ1) is 11.3. The highest BCUT2D eigenvalue weighted by atomic mass is 16.2. The fourth-order valence-electron chi connectivity index (χ4n) is 3.14. The van der Waals surface area contributed by atoms with Crippen LogP contribution in [0, 0.1) is 0 Å². The number of anilines is 1. The average Bonchev–Trinajstić information content (AvgIpc) is 2.57. The summed E-state index contributed by atoms with van der Waals surface area (Å²) < 4.78 is 0. The molecular formula is C17H19N5O. The van der Waals surface area contributed by atoms with Gasteiger partial charge in [0.25, 0.3) is 0 Å². The summed E-state index contributed by atoms with van der Waals surface area (Å²) in [5.74, 6) is 0.622. The predicted octanol–water partition coefficient (Wildman–Crippen LogP) is 1.75. The van der Waals surface area contributed by atoms with Gasteiger partial charge in [-0.25, -0.2) is 14.8 Å². The molecule has 23 heavy (non-hydrogen) atoms. The summed E-state index contributed by atoms with van der Waals surface area (Å²) in [7, 11) is 0. The number of carbonyl (C=O) groups excluding carboxylic acids is 1. The number of fused-ring (bicyclic) bond motifs is 1. The molecule has 2 aliphatic rings. The molecule has 0 radical (unpaired) electrons. The fraction of sp³-hybridized carbons (Fsp3) is 0.353. The largest absolute Gasteiger partial charge is 0.348 e. The monoisotopic (exact) mass is 309 g/mol. The predicted molar refractivity (Wildman–Crippen MR) is 87.0 cm³/mol. The van der Waals surface area contributed by atoms with E-state index in [1.54, 1.807) is 18.5 Å². The minimum atomic E-state index is 0.131. The van der Waals surface area contributed by atoms with Crippen molar-refractivity contribution in [2.24, 2.45) is 0 Å². The average molecular weight is 309 g/mol. The summed E-state index contributed by atoms with van der Waals surface area (Å²) in [5.41, 5.74) is 2.63. The number of amides is 2. The van der Waals surface area contributed by atoms with Crippen molar-refractivity contribution in [2.75, 3.05) is 25.0 Å². The SMILES string of the molecule is O=C(N1CCc2ccccc2C1)N1CC(Nc2ncccn2)C1. The molecule has 1 saturated heterocycles. The Bertz CT molecular complexity index is 699. The van der Waals surface area contributed by atoms with Gasteiger partial charge in [-0.1, -0.05) is 24.3 Å². The van der Waals surface area contributed by atoms with Crippen LogP contribution in [-0.4, -0.2) is 51.5 Å². The number of hydrogen-bond donors (Lipinski definition) is 1. The third-order valence-electron chi connectivity index (χ3n) is 4.45. The molecule has 2 aliphatic heterocycles. The molecule has 1 fully saturated rings. The minimum absolute atomic E-state index is 0.131. The number of hydrogen-bond acceptors (Lipinski definition) is 4. The van der Waals surface area contributed by atoms with E-state index in [0.29, 0.717) is 25.6 Å². The van der Waals surface area contributed by atoms with Crippen molar-refractivity contribution >= 4 is 12.0 Å². The van der Waals surface area contributed by atoms with Crippen LogP contribution in [0.15, 0.2) is 42.7 Å². The van der Waals surface area contributed by atoms with E-state index in [0.717, 1.165) is 13.0 Å². The first-order valence-electron chi connectivity index (χ1n) is 7.94. The maximum atomic E-state index is 12.6. The van der Waals surface area contributed by atoms with Crippen LogP contribution in [0.1, 0.15) is 11.1 Å². The zero-order valence-electron chi connectivity index (χ0n) is 12.9. The molecule has 6 nitrogen and oxygen atoms in total. The van der Waals surface area contributed by atoms with Gasteiger partial charge in [-0.05, 0) is 23.6 Å². The van der Waals surface area contributed by atoms with E-state index in [2.05, 4.69) is 33.5 Å². The lowest BCUT2D eigenvalue weighted by atomic mass is 10.00. The van der Waals surface area contributed by atoms with Crippen molar-refractivity contribution in [1.82, 2.24) is 19.8 Å². The molecule has 0 bridgehead atoms. The fourth-order valence-corrected chi connectivity index (χ4v) is 3.14. The number of rotatable bonds is 2. The van der Waals surface area contributed by atoms with Crippen molar-refractivity contribution in [3.8, 4) is 0 Å². The van der Waals surface area contributed by atoms with Crippen LogP contribution in [0.2, 0.25) is 0 Å². The summed E-state index contributed by atoms with van der Waals surface area (Å²) >= 11 is 0. The summed E-state index contributed by atoms with van der Waals surface area (Å²) in [4.78, 5) is 24.7. The Morgan fingerprint density at radius 2 is 1.78 bits per heavy atom. The molecule has 0 saturated carbocycles. The van der Waals surface area contributed by atoms with Gasteiger partial charge in [-0.2, -0.15) is 0 Å². The van der Waals surface area contributed by atoms with E-state index in [1.165, 1.54) is 11.1 Å². The van der Waals surface area contributed by atoms with Gasteiger partial charge >= 0.3 is 6.03 Å². The summed E-state index contributed by atoms with van der Waals surface area (Å²) in [6.45, 7) is 2.92.